The van der Waals surface area contributed by atoms with E-state index >= 15 is 0 Å². The smallest absolute Gasteiger partial charge is 0.261 e. The normalized spacial score (nSPS) is 11.2. The van der Waals surface area contributed by atoms with Crippen molar-refractivity contribution in [2.24, 2.45) is 7.05 Å². The monoisotopic (exact) mass is 339 g/mol. The molecule has 2 aromatic carbocycles. The lowest BCUT2D eigenvalue weighted by molar-refractivity contribution is 0.601. The molecule has 0 amide bonds. The highest BCUT2D eigenvalue weighted by molar-refractivity contribution is 7.92. The third kappa shape index (κ3) is 2.87. The number of hydrogen-bond acceptors (Lipinski definition) is 4. The number of anilines is 1. The second-order valence-electron chi connectivity index (χ2n) is 5.28. The van der Waals surface area contributed by atoms with Crippen molar-refractivity contribution in [1.29, 1.82) is 5.26 Å². The van der Waals surface area contributed by atoms with Gasteiger partial charge in [0.2, 0.25) is 0 Å². The Kier molecular flexibility index (Phi) is 3.83. The maximum atomic E-state index is 12.5. The second kappa shape index (κ2) is 5.83. The second-order valence-corrected chi connectivity index (χ2v) is 6.96. The predicted octanol–water partition coefficient (Wildman–Crippen LogP) is 2.21. The molecule has 0 spiro atoms. The maximum Gasteiger partial charge on any atom is 0.261 e. The van der Waals surface area contributed by atoms with E-state index in [-0.39, 0.29) is 21.7 Å². The molecule has 0 radical (unpaired) electrons. The zero-order chi connectivity index (χ0) is 17.3. The van der Waals surface area contributed by atoms with Crippen molar-refractivity contribution in [1.82, 2.24) is 4.57 Å². The van der Waals surface area contributed by atoms with Gasteiger partial charge in [-0.15, -0.1) is 0 Å². The molecule has 0 saturated carbocycles. The van der Waals surface area contributed by atoms with Gasteiger partial charge in [-0.05, 0) is 41.8 Å². The number of fused-ring (bicyclic) bond motifs is 1. The first-order valence-electron chi connectivity index (χ1n) is 7.03. The van der Waals surface area contributed by atoms with Crippen molar-refractivity contribution in [2.75, 3.05) is 4.72 Å². The Morgan fingerprint density at radius 2 is 1.92 bits per heavy atom. The number of pyridine rings is 1. The first-order valence-corrected chi connectivity index (χ1v) is 8.51. The van der Waals surface area contributed by atoms with E-state index < -0.39 is 10.0 Å². The standard InChI is InChI=1S/C17H13N3O3S/c1-20-8-7-13-5-6-14(10-16(13)17(20)21)19-24(22,23)15-4-2-3-12(9-15)11-18/h2-10,19H,1H3. The average molecular weight is 339 g/mol. The van der Waals surface area contributed by atoms with Gasteiger partial charge in [0.05, 0.1) is 16.5 Å². The summed E-state index contributed by atoms with van der Waals surface area (Å²) in [5.41, 5.74) is 0.332. The van der Waals surface area contributed by atoms with Gasteiger partial charge < -0.3 is 4.57 Å². The summed E-state index contributed by atoms with van der Waals surface area (Å²) in [6.45, 7) is 0. The molecule has 0 aliphatic rings. The number of nitrogens with one attached hydrogen (secondary N) is 1. The average Bonchev–Trinajstić information content (AvgIpc) is 2.58. The van der Waals surface area contributed by atoms with E-state index in [1.54, 1.807) is 31.4 Å². The summed E-state index contributed by atoms with van der Waals surface area (Å²) in [5, 5.41) is 10.0. The zero-order valence-electron chi connectivity index (χ0n) is 12.7. The molecule has 7 heteroatoms. The van der Waals surface area contributed by atoms with Crippen LogP contribution in [0.3, 0.4) is 0 Å². The lowest BCUT2D eigenvalue weighted by Crippen LogP contribution is -2.16. The van der Waals surface area contributed by atoms with Crippen molar-refractivity contribution >= 4 is 26.5 Å². The van der Waals surface area contributed by atoms with Crippen LogP contribution in [0.4, 0.5) is 5.69 Å². The molecule has 0 aliphatic carbocycles. The van der Waals surface area contributed by atoms with Gasteiger partial charge >= 0.3 is 0 Å². The Morgan fingerprint density at radius 1 is 1.12 bits per heavy atom. The van der Waals surface area contributed by atoms with Crippen molar-refractivity contribution in [3.05, 3.63) is 70.6 Å². The van der Waals surface area contributed by atoms with Crippen LogP contribution >= 0.6 is 0 Å². The van der Waals surface area contributed by atoms with Gasteiger partial charge in [-0.3, -0.25) is 9.52 Å². The Balaban J connectivity index is 2.04. The predicted molar refractivity (Wildman–Crippen MR) is 91.2 cm³/mol. The van der Waals surface area contributed by atoms with Crippen molar-refractivity contribution in [2.45, 2.75) is 4.90 Å². The number of rotatable bonds is 3. The van der Waals surface area contributed by atoms with Crippen LogP contribution in [0.5, 0.6) is 0 Å². The van der Waals surface area contributed by atoms with Crippen LogP contribution in [0.15, 0.2) is 64.4 Å². The fourth-order valence-corrected chi connectivity index (χ4v) is 3.44. The lowest BCUT2D eigenvalue weighted by Gasteiger charge is -2.09. The Hall–Kier alpha value is -3.11. The summed E-state index contributed by atoms with van der Waals surface area (Å²) in [5.74, 6) is 0. The number of aromatic nitrogens is 1. The third-order valence-corrected chi connectivity index (χ3v) is 4.99. The number of hydrogen-bond donors (Lipinski definition) is 1. The lowest BCUT2D eigenvalue weighted by atomic mass is 10.1. The number of sulfonamides is 1. The first-order chi connectivity index (χ1) is 11.4. The Morgan fingerprint density at radius 3 is 2.67 bits per heavy atom. The Bertz CT molecular complexity index is 1140. The Labute approximate surface area is 138 Å². The molecule has 3 rings (SSSR count). The molecule has 0 unspecified atom stereocenters. The number of nitrogens with zero attached hydrogens (tertiary/aromatic N) is 2. The summed E-state index contributed by atoms with van der Waals surface area (Å²) >= 11 is 0. The van der Waals surface area contributed by atoms with E-state index in [0.717, 1.165) is 5.39 Å². The SMILES string of the molecule is Cn1ccc2ccc(NS(=O)(=O)c3cccc(C#N)c3)cc2c1=O. The third-order valence-electron chi connectivity index (χ3n) is 3.61. The molecule has 24 heavy (non-hydrogen) atoms. The van der Waals surface area contributed by atoms with E-state index in [0.29, 0.717) is 5.39 Å². The van der Waals surface area contributed by atoms with Crippen LogP contribution < -0.4 is 10.3 Å². The van der Waals surface area contributed by atoms with Crippen LogP contribution in [-0.4, -0.2) is 13.0 Å². The highest BCUT2D eigenvalue weighted by Crippen LogP contribution is 2.20. The van der Waals surface area contributed by atoms with Crippen LogP contribution in [-0.2, 0) is 17.1 Å². The van der Waals surface area contributed by atoms with Crippen LogP contribution in [0.25, 0.3) is 10.8 Å². The van der Waals surface area contributed by atoms with Gasteiger partial charge in [-0.1, -0.05) is 12.1 Å². The van der Waals surface area contributed by atoms with Gasteiger partial charge in [0.1, 0.15) is 0 Å². The molecule has 0 bridgehead atoms. The van der Waals surface area contributed by atoms with Crippen LogP contribution in [0.1, 0.15) is 5.56 Å². The summed E-state index contributed by atoms with van der Waals surface area (Å²) in [4.78, 5) is 12.1. The molecule has 0 saturated heterocycles. The minimum Gasteiger partial charge on any atom is -0.318 e. The first kappa shape index (κ1) is 15.8. The summed E-state index contributed by atoms with van der Waals surface area (Å²) in [6, 6.07) is 14.2. The quantitative estimate of drug-likeness (QED) is 0.792. The molecule has 3 aromatic rings. The number of nitriles is 1. The molecule has 1 aromatic heterocycles. The van der Waals surface area contributed by atoms with E-state index in [1.165, 1.54) is 34.9 Å². The van der Waals surface area contributed by atoms with E-state index in [4.69, 9.17) is 5.26 Å². The van der Waals surface area contributed by atoms with E-state index in [9.17, 15) is 13.2 Å². The fraction of sp³-hybridized carbons (Fsp3) is 0.0588. The maximum absolute atomic E-state index is 12.5. The van der Waals surface area contributed by atoms with E-state index in [1.807, 2.05) is 6.07 Å². The van der Waals surface area contributed by atoms with Crippen molar-refractivity contribution in [3.63, 3.8) is 0 Å². The molecular weight excluding hydrogens is 326 g/mol. The molecule has 6 nitrogen and oxygen atoms in total. The largest absolute Gasteiger partial charge is 0.318 e. The van der Waals surface area contributed by atoms with Crippen LogP contribution in [0, 0.1) is 11.3 Å². The zero-order valence-corrected chi connectivity index (χ0v) is 13.5. The van der Waals surface area contributed by atoms with Crippen LogP contribution in [0.2, 0.25) is 0 Å². The number of aryl methyl sites for hydroxylation is 1. The number of benzene rings is 2. The summed E-state index contributed by atoms with van der Waals surface area (Å²) in [6.07, 6.45) is 1.65. The highest BCUT2D eigenvalue weighted by atomic mass is 32.2. The minimum absolute atomic E-state index is 0.0115. The van der Waals surface area contributed by atoms with Gasteiger partial charge in [-0.25, -0.2) is 8.42 Å². The van der Waals surface area contributed by atoms with Gasteiger partial charge in [0, 0.05) is 24.3 Å². The molecule has 120 valence electrons. The molecule has 1 heterocycles. The molecule has 0 aliphatic heterocycles. The molecule has 0 atom stereocenters. The van der Waals surface area contributed by atoms with Gasteiger partial charge in [0.15, 0.2) is 0 Å². The molecular formula is C17H13N3O3S. The topological polar surface area (TPSA) is 92.0 Å². The van der Waals surface area contributed by atoms with E-state index in [2.05, 4.69) is 4.72 Å². The molecule has 0 fully saturated rings. The molecule has 1 N–H and O–H groups in total. The van der Waals surface area contributed by atoms with Gasteiger partial charge in [0.25, 0.3) is 15.6 Å². The fourth-order valence-electron chi connectivity index (χ4n) is 2.35. The van der Waals surface area contributed by atoms with Crippen molar-refractivity contribution in [3.8, 4) is 6.07 Å². The summed E-state index contributed by atoms with van der Waals surface area (Å²) < 4.78 is 28.8. The highest BCUT2D eigenvalue weighted by Gasteiger charge is 2.15. The summed E-state index contributed by atoms with van der Waals surface area (Å²) in [7, 11) is -2.22. The van der Waals surface area contributed by atoms with Gasteiger partial charge in [-0.2, -0.15) is 5.26 Å². The van der Waals surface area contributed by atoms with Crippen molar-refractivity contribution < 1.29 is 8.42 Å². The minimum atomic E-state index is -3.85.